The summed E-state index contributed by atoms with van der Waals surface area (Å²) in [7, 11) is 0. The van der Waals surface area contributed by atoms with Gasteiger partial charge < -0.3 is 5.73 Å². The Bertz CT molecular complexity index is 902. The molecule has 1 aliphatic heterocycles. The van der Waals surface area contributed by atoms with Gasteiger partial charge in [0.1, 0.15) is 11.5 Å². The first-order valence-electron chi connectivity index (χ1n) is 7.25. The molecule has 2 heterocycles. The fourth-order valence-electron chi connectivity index (χ4n) is 2.79. The Kier molecular flexibility index (Phi) is 3.32. The van der Waals surface area contributed by atoms with Gasteiger partial charge in [-0.15, -0.1) is 5.10 Å². The fourth-order valence-corrected chi connectivity index (χ4v) is 2.92. The molecule has 2 N–H and O–H groups in total. The predicted octanol–water partition coefficient (Wildman–Crippen LogP) is 3.68. The van der Waals surface area contributed by atoms with Crippen LogP contribution in [0.25, 0.3) is 22.4 Å². The van der Waals surface area contributed by atoms with Gasteiger partial charge in [-0.25, -0.2) is 0 Å². The lowest BCUT2D eigenvalue weighted by Crippen LogP contribution is -2.14. The number of nitrogens with two attached hydrogens (primary N) is 1. The summed E-state index contributed by atoms with van der Waals surface area (Å²) in [4.78, 5) is 4.31. The first-order chi connectivity index (χ1) is 11.2. The standard InChI is InChI=1S/C18H13ClN4/c19-13-8-6-12(7-9-13)17-15(11-4-2-1-3-5-11)16-14(22-23-17)10-21-18(16)20/h1-9H,10H2,(H2,20,21). The Hall–Kier alpha value is -2.72. The normalized spacial score (nSPS) is 12.8. The molecule has 1 aliphatic rings. The van der Waals surface area contributed by atoms with Gasteiger partial charge in [0.2, 0.25) is 0 Å². The monoisotopic (exact) mass is 320 g/mol. The first kappa shape index (κ1) is 13.9. The van der Waals surface area contributed by atoms with Gasteiger partial charge in [0, 0.05) is 16.1 Å². The number of halogens is 1. The molecule has 2 aromatic carbocycles. The van der Waals surface area contributed by atoms with Crippen molar-refractivity contribution in [3.63, 3.8) is 0 Å². The molecule has 3 aromatic rings. The molecule has 0 fully saturated rings. The molecule has 0 aliphatic carbocycles. The Morgan fingerprint density at radius 1 is 0.826 bits per heavy atom. The fraction of sp³-hybridized carbons (Fsp3) is 0.0556. The maximum atomic E-state index is 6.12. The number of nitrogens with zero attached hydrogens (tertiary/aromatic N) is 3. The van der Waals surface area contributed by atoms with Crippen LogP contribution in [0.4, 0.5) is 0 Å². The maximum absolute atomic E-state index is 6.12. The van der Waals surface area contributed by atoms with Gasteiger partial charge in [-0.1, -0.05) is 54.1 Å². The highest BCUT2D eigenvalue weighted by Gasteiger charge is 2.24. The van der Waals surface area contributed by atoms with E-state index in [1.165, 1.54) is 0 Å². The largest absolute Gasteiger partial charge is 0.383 e. The van der Waals surface area contributed by atoms with E-state index in [0.29, 0.717) is 17.4 Å². The van der Waals surface area contributed by atoms with Crippen molar-refractivity contribution in [2.45, 2.75) is 6.54 Å². The molecule has 0 saturated carbocycles. The second-order valence-corrected chi connectivity index (χ2v) is 5.76. The number of aromatic nitrogens is 2. The van der Waals surface area contributed by atoms with Crippen LogP contribution in [0.1, 0.15) is 11.3 Å². The molecule has 1 aromatic heterocycles. The zero-order valence-electron chi connectivity index (χ0n) is 12.2. The molecule has 0 saturated heterocycles. The lowest BCUT2D eigenvalue weighted by Gasteiger charge is -2.13. The summed E-state index contributed by atoms with van der Waals surface area (Å²) in [5, 5.41) is 9.44. The smallest absolute Gasteiger partial charge is 0.128 e. The predicted molar refractivity (Wildman–Crippen MR) is 92.3 cm³/mol. The minimum Gasteiger partial charge on any atom is -0.383 e. The van der Waals surface area contributed by atoms with Gasteiger partial charge in [0.25, 0.3) is 0 Å². The Morgan fingerprint density at radius 3 is 2.30 bits per heavy atom. The van der Waals surface area contributed by atoms with Crippen LogP contribution in [0.3, 0.4) is 0 Å². The third kappa shape index (κ3) is 2.37. The van der Waals surface area contributed by atoms with Gasteiger partial charge in [0.15, 0.2) is 0 Å². The third-order valence-electron chi connectivity index (χ3n) is 3.88. The topological polar surface area (TPSA) is 64.2 Å². The summed E-state index contributed by atoms with van der Waals surface area (Å²) in [6, 6.07) is 17.6. The molecule has 5 heteroatoms. The molecular formula is C18H13ClN4. The van der Waals surface area contributed by atoms with Crippen LogP contribution in [-0.4, -0.2) is 16.0 Å². The van der Waals surface area contributed by atoms with E-state index in [1.54, 1.807) is 0 Å². The van der Waals surface area contributed by atoms with Crippen LogP contribution in [0.5, 0.6) is 0 Å². The summed E-state index contributed by atoms with van der Waals surface area (Å²) < 4.78 is 0. The number of hydrogen-bond acceptors (Lipinski definition) is 4. The lowest BCUT2D eigenvalue weighted by molar-refractivity contribution is 0.923. The minimum atomic E-state index is 0.481. The summed E-state index contributed by atoms with van der Waals surface area (Å²) in [5.74, 6) is 0.518. The van der Waals surface area contributed by atoms with E-state index >= 15 is 0 Å². The molecule has 0 unspecified atom stereocenters. The number of amidine groups is 1. The number of benzene rings is 2. The van der Waals surface area contributed by atoms with E-state index < -0.39 is 0 Å². The Morgan fingerprint density at radius 2 is 1.57 bits per heavy atom. The second-order valence-electron chi connectivity index (χ2n) is 5.32. The zero-order chi connectivity index (χ0) is 15.8. The average Bonchev–Trinajstić information content (AvgIpc) is 2.97. The summed E-state index contributed by atoms with van der Waals surface area (Å²) in [5.41, 5.74) is 11.6. The summed E-state index contributed by atoms with van der Waals surface area (Å²) in [6.45, 7) is 0.481. The highest BCUT2D eigenvalue weighted by Crippen LogP contribution is 2.36. The van der Waals surface area contributed by atoms with Gasteiger partial charge in [-0.2, -0.15) is 5.10 Å². The molecule has 0 spiro atoms. The molecule has 112 valence electrons. The lowest BCUT2D eigenvalue weighted by atomic mass is 9.94. The van der Waals surface area contributed by atoms with Crippen molar-refractivity contribution in [3.8, 4) is 22.4 Å². The van der Waals surface area contributed by atoms with E-state index in [9.17, 15) is 0 Å². The van der Waals surface area contributed by atoms with Gasteiger partial charge >= 0.3 is 0 Å². The third-order valence-corrected chi connectivity index (χ3v) is 4.13. The molecule has 0 radical (unpaired) electrons. The van der Waals surface area contributed by atoms with Crippen molar-refractivity contribution >= 4 is 17.4 Å². The average molecular weight is 321 g/mol. The van der Waals surface area contributed by atoms with E-state index in [-0.39, 0.29) is 0 Å². The van der Waals surface area contributed by atoms with Crippen LogP contribution in [0.2, 0.25) is 5.02 Å². The Balaban J connectivity index is 2.02. The number of aliphatic imine (C=N–C) groups is 1. The maximum Gasteiger partial charge on any atom is 0.128 e. The summed E-state index contributed by atoms with van der Waals surface area (Å²) in [6.07, 6.45) is 0. The van der Waals surface area contributed by atoms with Crippen molar-refractivity contribution in [1.82, 2.24) is 10.2 Å². The van der Waals surface area contributed by atoms with Crippen molar-refractivity contribution in [3.05, 3.63) is 70.9 Å². The molecular weight excluding hydrogens is 308 g/mol. The summed E-state index contributed by atoms with van der Waals surface area (Å²) >= 11 is 6.00. The highest BCUT2D eigenvalue weighted by molar-refractivity contribution is 6.30. The number of hydrogen-bond donors (Lipinski definition) is 1. The molecule has 4 nitrogen and oxygen atoms in total. The van der Waals surface area contributed by atoms with E-state index in [0.717, 1.165) is 33.6 Å². The molecule has 0 amide bonds. The molecule has 0 bridgehead atoms. The Labute approximate surface area is 138 Å². The van der Waals surface area contributed by atoms with Crippen LogP contribution in [0.15, 0.2) is 59.6 Å². The zero-order valence-corrected chi connectivity index (χ0v) is 13.0. The SMILES string of the molecule is NC1=NCc2nnc(-c3ccc(Cl)cc3)c(-c3ccccc3)c21. The van der Waals surface area contributed by atoms with Crippen LogP contribution < -0.4 is 5.73 Å². The highest BCUT2D eigenvalue weighted by atomic mass is 35.5. The van der Waals surface area contributed by atoms with Crippen molar-refractivity contribution < 1.29 is 0 Å². The second kappa shape index (κ2) is 5.48. The van der Waals surface area contributed by atoms with Crippen molar-refractivity contribution in [1.29, 1.82) is 0 Å². The van der Waals surface area contributed by atoms with Gasteiger partial charge in [0.05, 0.1) is 17.8 Å². The van der Waals surface area contributed by atoms with Crippen LogP contribution in [-0.2, 0) is 6.54 Å². The van der Waals surface area contributed by atoms with E-state index in [4.69, 9.17) is 17.3 Å². The molecule has 23 heavy (non-hydrogen) atoms. The van der Waals surface area contributed by atoms with Gasteiger partial charge in [-0.3, -0.25) is 4.99 Å². The minimum absolute atomic E-state index is 0.481. The molecule has 4 rings (SSSR count). The van der Waals surface area contributed by atoms with E-state index in [2.05, 4.69) is 15.2 Å². The van der Waals surface area contributed by atoms with Crippen LogP contribution >= 0.6 is 11.6 Å². The van der Waals surface area contributed by atoms with Gasteiger partial charge in [-0.05, 0) is 17.7 Å². The van der Waals surface area contributed by atoms with Crippen molar-refractivity contribution in [2.75, 3.05) is 0 Å². The number of fused-ring (bicyclic) bond motifs is 1. The van der Waals surface area contributed by atoms with Crippen LogP contribution in [0, 0.1) is 0 Å². The number of rotatable bonds is 2. The first-order valence-corrected chi connectivity index (χ1v) is 7.63. The van der Waals surface area contributed by atoms with E-state index in [1.807, 2.05) is 54.6 Å². The molecule has 0 atom stereocenters. The quantitative estimate of drug-likeness (QED) is 0.783. The van der Waals surface area contributed by atoms with Crippen molar-refractivity contribution in [2.24, 2.45) is 10.7 Å².